The number of amides is 2. The molecule has 8 nitrogen and oxygen atoms in total. The first-order valence-corrected chi connectivity index (χ1v) is 11.6. The summed E-state index contributed by atoms with van der Waals surface area (Å²) in [6, 6.07) is 7.85. The zero-order valence-electron chi connectivity index (χ0n) is 19.0. The minimum absolute atomic E-state index is 0.131. The fraction of sp³-hybridized carbons (Fsp3) is 0.583. The molecule has 0 aromatic heterocycles. The Labute approximate surface area is 190 Å². The zero-order chi connectivity index (χ0) is 22.5. The second-order valence-electron chi connectivity index (χ2n) is 8.71. The first kappa shape index (κ1) is 22.9. The fourth-order valence-corrected chi connectivity index (χ4v) is 4.65. The van der Waals surface area contributed by atoms with E-state index in [1.807, 2.05) is 31.2 Å². The molecule has 3 aliphatic rings. The number of nitrogens with zero attached hydrogens (tertiary/aromatic N) is 4. The molecule has 1 aromatic carbocycles. The van der Waals surface area contributed by atoms with Gasteiger partial charge in [-0.2, -0.15) is 0 Å². The lowest BCUT2D eigenvalue weighted by atomic mass is 10.0. The van der Waals surface area contributed by atoms with Gasteiger partial charge >= 0.3 is 0 Å². The number of aryl methyl sites for hydroxylation is 1. The summed E-state index contributed by atoms with van der Waals surface area (Å²) in [5.74, 6) is -0.364. The van der Waals surface area contributed by atoms with Gasteiger partial charge in [0.25, 0.3) is 11.8 Å². The minimum atomic E-state index is -0.186. The van der Waals surface area contributed by atoms with Crippen molar-refractivity contribution in [2.24, 2.45) is 0 Å². The average molecular weight is 443 g/mol. The number of aliphatic hydroxyl groups is 1. The molecule has 1 aromatic rings. The van der Waals surface area contributed by atoms with Crippen LogP contribution in [0, 0.1) is 6.92 Å². The number of carbonyl (C=O) groups is 2. The van der Waals surface area contributed by atoms with Crippen molar-refractivity contribution in [3.05, 3.63) is 41.1 Å². The largest absolute Gasteiger partial charge is 0.395 e. The first-order chi connectivity index (χ1) is 15.6. The molecule has 0 bridgehead atoms. The van der Waals surface area contributed by atoms with E-state index in [0.717, 1.165) is 63.5 Å². The van der Waals surface area contributed by atoms with Gasteiger partial charge in [-0.3, -0.25) is 24.3 Å². The van der Waals surface area contributed by atoms with E-state index in [-0.39, 0.29) is 18.4 Å². The maximum Gasteiger partial charge on any atom is 0.277 e. The van der Waals surface area contributed by atoms with E-state index in [9.17, 15) is 14.7 Å². The highest BCUT2D eigenvalue weighted by atomic mass is 16.5. The van der Waals surface area contributed by atoms with Gasteiger partial charge in [0.1, 0.15) is 5.70 Å². The number of piperazine rings is 1. The van der Waals surface area contributed by atoms with Crippen LogP contribution in [0.15, 0.2) is 30.0 Å². The Morgan fingerprint density at radius 3 is 2.16 bits per heavy atom. The van der Waals surface area contributed by atoms with Crippen molar-refractivity contribution < 1.29 is 19.4 Å². The van der Waals surface area contributed by atoms with Crippen LogP contribution in [-0.2, 0) is 14.3 Å². The fourth-order valence-electron chi connectivity index (χ4n) is 4.65. The molecule has 0 atom stereocenters. The van der Waals surface area contributed by atoms with Crippen LogP contribution < -0.4 is 0 Å². The third-order valence-electron chi connectivity index (χ3n) is 6.55. The smallest absolute Gasteiger partial charge is 0.277 e. The van der Waals surface area contributed by atoms with E-state index in [1.54, 1.807) is 0 Å². The number of hydrogen-bond acceptors (Lipinski definition) is 7. The molecule has 2 fully saturated rings. The quantitative estimate of drug-likeness (QED) is 0.585. The lowest BCUT2D eigenvalue weighted by Crippen LogP contribution is -2.48. The molecule has 2 amide bonds. The van der Waals surface area contributed by atoms with Gasteiger partial charge in [-0.25, -0.2) is 0 Å². The average Bonchev–Trinajstić information content (AvgIpc) is 3.06. The summed E-state index contributed by atoms with van der Waals surface area (Å²) in [5.41, 5.74) is 2.98. The second kappa shape index (κ2) is 10.6. The molecule has 32 heavy (non-hydrogen) atoms. The van der Waals surface area contributed by atoms with E-state index in [1.165, 1.54) is 4.90 Å². The summed E-state index contributed by atoms with van der Waals surface area (Å²) < 4.78 is 5.40. The van der Waals surface area contributed by atoms with Crippen molar-refractivity contribution in [2.45, 2.75) is 13.3 Å². The van der Waals surface area contributed by atoms with E-state index in [0.29, 0.717) is 37.4 Å². The number of imide groups is 1. The van der Waals surface area contributed by atoms with Crippen molar-refractivity contribution in [2.75, 3.05) is 78.7 Å². The Kier molecular flexibility index (Phi) is 7.57. The van der Waals surface area contributed by atoms with E-state index in [2.05, 4.69) is 14.7 Å². The van der Waals surface area contributed by atoms with E-state index >= 15 is 0 Å². The molecular weight excluding hydrogens is 408 g/mol. The van der Waals surface area contributed by atoms with Crippen molar-refractivity contribution >= 4 is 17.4 Å². The standard InChI is InChI=1S/C24H34N4O4/c1-19-3-5-20(6-4-19)21-22(27-11-9-26(10-12-27)13-16-29)24(31)28(23(21)30)8-2-7-25-14-17-32-18-15-25/h3-6,29H,2,7-18H2,1H3. The summed E-state index contributed by atoms with van der Waals surface area (Å²) in [4.78, 5) is 34.9. The Morgan fingerprint density at radius 1 is 0.844 bits per heavy atom. The molecule has 0 aliphatic carbocycles. The molecular formula is C24H34N4O4. The number of rotatable bonds is 8. The van der Waals surface area contributed by atoms with Crippen LogP contribution in [-0.4, -0.2) is 115 Å². The number of morpholine rings is 1. The van der Waals surface area contributed by atoms with Crippen molar-refractivity contribution in [3.63, 3.8) is 0 Å². The highest BCUT2D eigenvalue weighted by molar-refractivity contribution is 6.35. The molecule has 0 spiro atoms. The second-order valence-corrected chi connectivity index (χ2v) is 8.71. The SMILES string of the molecule is Cc1ccc(C2=C(N3CCN(CCO)CC3)C(=O)N(CCCN3CCOCC3)C2=O)cc1. The molecule has 3 heterocycles. The lowest BCUT2D eigenvalue weighted by Gasteiger charge is -2.36. The molecule has 0 saturated carbocycles. The third-order valence-corrected chi connectivity index (χ3v) is 6.55. The number of benzene rings is 1. The highest BCUT2D eigenvalue weighted by Gasteiger charge is 2.41. The van der Waals surface area contributed by atoms with Gasteiger partial charge in [-0.05, 0) is 18.9 Å². The summed E-state index contributed by atoms with van der Waals surface area (Å²) in [6.07, 6.45) is 0.760. The van der Waals surface area contributed by atoms with Gasteiger partial charge in [0, 0.05) is 58.9 Å². The van der Waals surface area contributed by atoms with Crippen LogP contribution >= 0.6 is 0 Å². The number of ether oxygens (including phenoxy) is 1. The van der Waals surface area contributed by atoms with Gasteiger partial charge in [0.05, 0.1) is 25.4 Å². The van der Waals surface area contributed by atoms with Gasteiger partial charge in [0.15, 0.2) is 0 Å². The molecule has 3 aliphatic heterocycles. The van der Waals surface area contributed by atoms with Gasteiger partial charge in [-0.15, -0.1) is 0 Å². The monoisotopic (exact) mass is 442 g/mol. The van der Waals surface area contributed by atoms with Crippen LogP contribution in [0.25, 0.3) is 5.57 Å². The molecule has 4 rings (SSSR count). The van der Waals surface area contributed by atoms with Gasteiger partial charge < -0.3 is 14.7 Å². The van der Waals surface area contributed by atoms with Gasteiger partial charge in [0.2, 0.25) is 0 Å². The Balaban J connectivity index is 1.51. The highest BCUT2D eigenvalue weighted by Crippen LogP contribution is 2.32. The third kappa shape index (κ3) is 5.04. The Hall–Kier alpha value is -2.26. The molecule has 0 radical (unpaired) electrons. The molecule has 8 heteroatoms. The lowest BCUT2D eigenvalue weighted by molar-refractivity contribution is -0.137. The number of β-amino-alcohol motifs (C(OH)–C–C–N with tert-alkyl or cyclic N) is 1. The summed E-state index contributed by atoms with van der Waals surface area (Å²) in [6.45, 7) is 10.2. The van der Waals surface area contributed by atoms with Crippen LogP contribution in [0.4, 0.5) is 0 Å². The molecule has 0 unspecified atom stereocenters. The predicted molar refractivity (Wildman–Crippen MR) is 122 cm³/mol. The maximum atomic E-state index is 13.5. The first-order valence-electron chi connectivity index (χ1n) is 11.6. The Morgan fingerprint density at radius 2 is 1.50 bits per heavy atom. The molecule has 1 N–H and O–H groups in total. The number of aliphatic hydroxyl groups excluding tert-OH is 1. The minimum Gasteiger partial charge on any atom is -0.395 e. The predicted octanol–water partition coefficient (Wildman–Crippen LogP) is 0.407. The normalized spacial score (nSPS) is 21.2. The summed E-state index contributed by atoms with van der Waals surface area (Å²) in [7, 11) is 0. The Bertz CT molecular complexity index is 840. The van der Waals surface area contributed by atoms with Crippen LogP contribution in [0.3, 0.4) is 0 Å². The maximum absolute atomic E-state index is 13.5. The molecule has 2 saturated heterocycles. The summed E-state index contributed by atoms with van der Waals surface area (Å²) >= 11 is 0. The zero-order valence-corrected chi connectivity index (χ0v) is 19.0. The van der Waals surface area contributed by atoms with Crippen molar-refractivity contribution in [1.29, 1.82) is 0 Å². The molecule has 174 valence electrons. The van der Waals surface area contributed by atoms with E-state index in [4.69, 9.17) is 4.74 Å². The summed E-state index contributed by atoms with van der Waals surface area (Å²) in [5, 5.41) is 9.22. The number of hydrogen-bond donors (Lipinski definition) is 1. The number of carbonyl (C=O) groups excluding carboxylic acids is 2. The van der Waals surface area contributed by atoms with Crippen LogP contribution in [0.1, 0.15) is 17.5 Å². The topological polar surface area (TPSA) is 76.6 Å². The van der Waals surface area contributed by atoms with Crippen LogP contribution in [0.5, 0.6) is 0 Å². The van der Waals surface area contributed by atoms with Crippen molar-refractivity contribution in [3.8, 4) is 0 Å². The van der Waals surface area contributed by atoms with Crippen LogP contribution in [0.2, 0.25) is 0 Å². The van der Waals surface area contributed by atoms with Crippen molar-refractivity contribution in [1.82, 2.24) is 19.6 Å². The van der Waals surface area contributed by atoms with E-state index < -0.39 is 0 Å². The van der Waals surface area contributed by atoms with Gasteiger partial charge in [-0.1, -0.05) is 29.8 Å².